The summed E-state index contributed by atoms with van der Waals surface area (Å²) in [5.41, 5.74) is 0.964. The number of piperazine rings is 1. The molecule has 0 bridgehead atoms. The standard InChI is InChI=1S/C15H28N4O2/c1-6-18(10-12(2)3)14(20)11-19-8-7-16-9-13(19)15(21)17(4)5/h13,16H,2,6-11H2,1,3-5H3. The largest absolute Gasteiger partial charge is 0.347 e. The van der Waals surface area contributed by atoms with Crippen LogP contribution in [0.5, 0.6) is 0 Å². The Morgan fingerprint density at radius 3 is 2.57 bits per heavy atom. The topological polar surface area (TPSA) is 55.9 Å². The van der Waals surface area contributed by atoms with Gasteiger partial charge in [0, 0.05) is 46.8 Å². The number of amides is 2. The van der Waals surface area contributed by atoms with Gasteiger partial charge >= 0.3 is 0 Å². The lowest BCUT2D eigenvalue weighted by atomic mass is 10.1. The monoisotopic (exact) mass is 296 g/mol. The summed E-state index contributed by atoms with van der Waals surface area (Å²) in [6.45, 7) is 11.4. The molecule has 1 heterocycles. The van der Waals surface area contributed by atoms with Crippen LogP contribution in [0, 0.1) is 0 Å². The predicted molar refractivity (Wildman–Crippen MR) is 84.0 cm³/mol. The van der Waals surface area contributed by atoms with Crippen molar-refractivity contribution in [3.05, 3.63) is 12.2 Å². The number of nitrogens with zero attached hydrogens (tertiary/aromatic N) is 3. The molecule has 21 heavy (non-hydrogen) atoms. The van der Waals surface area contributed by atoms with Crippen molar-refractivity contribution >= 4 is 11.8 Å². The zero-order valence-corrected chi connectivity index (χ0v) is 13.7. The van der Waals surface area contributed by atoms with Gasteiger partial charge in [-0.2, -0.15) is 0 Å². The third kappa shape index (κ3) is 5.13. The van der Waals surface area contributed by atoms with E-state index < -0.39 is 0 Å². The zero-order chi connectivity index (χ0) is 16.0. The average molecular weight is 296 g/mol. The molecule has 6 nitrogen and oxygen atoms in total. The molecule has 0 aromatic heterocycles. The van der Waals surface area contributed by atoms with Gasteiger partial charge in [-0.05, 0) is 13.8 Å². The molecular weight excluding hydrogens is 268 g/mol. The summed E-state index contributed by atoms with van der Waals surface area (Å²) < 4.78 is 0. The van der Waals surface area contributed by atoms with Crippen molar-refractivity contribution in [2.75, 3.05) is 53.4 Å². The highest BCUT2D eigenvalue weighted by Crippen LogP contribution is 2.07. The van der Waals surface area contributed by atoms with Crippen LogP contribution in [0.3, 0.4) is 0 Å². The number of likely N-dealkylation sites (N-methyl/N-ethyl adjacent to an activating group) is 2. The van der Waals surface area contributed by atoms with Gasteiger partial charge in [-0.25, -0.2) is 0 Å². The molecule has 1 N–H and O–H groups in total. The van der Waals surface area contributed by atoms with E-state index in [1.165, 1.54) is 0 Å². The van der Waals surface area contributed by atoms with Crippen LogP contribution < -0.4 is 5.32 Å². The minimum atomic E-state index is -0.263. The van der Waals surface area contributed by atoms with Crippen LogP contribution in [-0.2, 0) is 9.59 Å². The average Bonchev–Trinajstić information content (AvgIpc) is 2.44. The molecule has 0 aromatic carbocycles. The molecule has 1 aliphatic heterocycles. The molecular formula is C15H28N4O2. The highest BCUT2D eigenvalue weighted by molar-refractivity contribution is 5.84. The first kappa shape index (κ1) is 17.7. The lowest BCUT2D eigenvalue weighted by Crippen LogP contribution is -2.59. The fourth-order valence-electron chi connectivity index (χ4n) is 2.45. The van der Waals surface area contributed by atoms with Crippen molar-refractivity contribution < 1.29 is 9.59 Å². The molecule has 1 fully saturated rings. The minimum Gasteiger partial charge on any atom is -0.347 e. The first-order valence-corrected chi connectivity index (χ1v) is 7.44. The summed E-state index contributed by atoms with van der Waals surface area (Å²) >= 11 is 0. The Hall–Kier alpha value is -1.40. The van der Waals surface area contributed by atoms with E-state index in [9.17, 15) is 9.59 Å². The molecule has 6 heteroatoms. The minimum absolute atomic E-state index is 0.0398. The van der Waals surface area contributed by atoms with Crippen molar-refractivity contribution in [1.82, 2.24) is 20.0 Å². The van der Waals surface area contributed by atoms with Crippen molar-refractivity contribution in [2.45, 2.75) is 19.9 Å². The Labute approximate surface area is 127 Å². The summed E-state index contributed by atoms with van der Waals surface area (Å²) in [4.78, 5) is 30.0. The molecule has 1 atom stereocenters. The van der Waals surface area contributed by atoms with Gasteiger partial charge in [-0.15, -0.1) is 0 Å². The van der Waals surface area contributed by atoms with Gasteiger partial charge in [-0.3, -0.25) is 14.5 Å². The normalized spacial score (nSPS) is 19.1. The second kappa shape index (κ2) is 8.14. The van der Waals surface area contributed by atoms with Crippen LogP contribution in [0.2, 0.25) is 0 Å². The van der Waals surface area contributed by atoms with Gasteiger partial charge in [0.25, 0.3) is 0 Å². The van der Waals surface area contributed by atoms with Gasteiger partial charge in [0.15, 0.2) is 0 Å². The molecule has 0 radical (unpaired) electrons. The van der Waals surface area contributed by atoms with Crippen LogP contribution in [0.25, 0.3) is 0 Å². The molecule has 1 aliphatic rings. The Morgan fingerprint density at radius 2 is 2.05 bits per heavy atom. The van der Waals surface area contributed by atoms with Crippen molar-refractivity contribution in [2.24, 2.45) is 0 Å². The van der Waals surface area contributed by atoms with Crippen LogP contribution in [0.15, 0.2) is 12.2 Å². The van der Waals surface area contributed by atoms with Gasteiger partial charge in [0.05, 0.1) is 6.54 Å². The van der Waals surface area contributed by atoms with E-state index in [0.29, 0.717) is 26.2 Å². The van der Waals surface area contributed by atoms with Crippen LogP contribution in [-0.4, -0.2) is 85.9 Å². The summed E-state index contributed by atoms with van der Waals surface area (Å²) in [7, 11) is 3.49. The number of hydrogen-bond acceptors (Lipinski definition) is 4. The summed E-state index contributed by atoms with van der Waals surface area (Å²) in [6.07, 6.45) is 0. The summed E-state index contributed by atoms with van der Waals surface area (Å²) in [6, 6.07) is -0.263. The third-order valence-electron chi connectivity index (χ3n) is 3.61. The van der Waals surface area contributed by atoms with Crippen LogP contribution in [0.1, 0.15) is 13.8 Å². The lowest BCUT2D eigenvalue weighted by Gasteiger charge is -2.37. The van der Waals surface area contributed by atoms with Gasteiger partial charge in [0.2, 0.25) is 11.8 Å². The first-order chi connectivity index (χ1) is 9.86. The molecule has 2 amide bonds. The van der Waals surface area contributed by atoms with E-state index in [1.807, 2.05) is 18.7 Å². The van der Waals surface area contributed by atoms with Crippen LogP contribution in [0.4, 0.5) is 0 Å². The maximum atomic E-state index is 12.4. The molecule has 0 aromatic rings. The van der Waals surface area contributed by atoms with Gasteiger partial charge in [0.1, 0.15) is 6.04 Å². The van der Waals surface area contributed by atoms with E-state index in [-0.39, 0.29) is 24.4 Å². The van der Waals surface area contributed by atoms with Gasteiger partial charge < -0.3 is 15.1 Å². The Balaban J connectivity index is 2.70. The Morgan fingerprint density at radius 1 is 1.38 bits per heavy atom. The molecule has 1 rings (SSSR count). The lowest BCUT2D eigenvalue weighted by molar-refractivity contribution is -0.138. The number of carbonyl (C=O) groups is 2. The van der Waals surface area contributed by atoms with E-state index in [1.54, 1.807) is 23.9 Å². The fraction of sp³-hybridized carbons (Fsp3) is 0.733. The quantitative estimate of drug-likeness (QED) is 0.688. The maximum Gasteiger partial charge on any atom is 0.240 e. The Bertz CT molecular complexity index is 395. The summed E-state index contributed by atoms with van der Waals surface area (Å²) in [5.74, 6) is 0.0944. The van der Waals surface area contributed by atoms with E-state index in [0.717, 1.165) is 12.1 Å². The zero-order valence-electron chi connectivity index (χ0n) is 13.7. The third-order valence-corrected chi connectivity index (χ3v) is 3.61. The highest BCUT2D eigenvalue weighted by atomic mass is 16.2. The highest BCUT2D eigenvalue weighted by Gasteiger charge is 2.31. The second-order valence-electron chi connectivity index (χ2n) is 5.79. The molecule has 0 spiro atoms. The SMILES string of the molecule is C=C(C)CN(CC)C(=O)CN1CCNCC1C(=O)N(C)C. The molecule has 1 saturated heterocycles. The predicted octanol–water partition coefficient (Wildman–Crippen LogP) is -0.227. The first-order valence-electron chi connectivity index (χ1n) is 7.44. The van der Waals surface area contributed by atoms with E-state index >= 15 is 0 Å². The van der Waals surface area contributed by atoms with Crippen molar-refractivity contribution in [3.8, 4) is 0 Å². The maximum absolute atomic E-state index is 12.4. The molecule has 1 unspecified atom stereocenters. The number of hydrogen-bond donors (Lipinski definition) is 1. The van der Waals surface area contributed by atoms with E-state index in [2.05, 4.69) is 11.9 Å². The Kier molecular flexibility index (Phi) is 6.84. The molecule has 0 saturated carbocycles. The number of nitrogens with one attached hydrogen (secondary N) is 1. The molecule has 0 aliphatic carbocycles. The van der Waals surface area contributed by atoms with Gasteiger partial charge in [-0.1, -0.05) is 12.2 Å². The van der Waals surface area contributed by atoms with E-state index in [4.69, 9.17) is 0 Å². The number of rotatable bonds is 6. The van der Waals surface area contributed by atoms with Crippen molar-refractivity contribution in [1.29, 1.82) is 0 Å². The summed E-state index contributed by atoms with van der Waals surface area (Å²) in [5, 5.41) is 3.22. The number of carbonyl (C=O) groups excluding carboxylic acids is 2. The fourth-order valence-corrected chi connectivity index (χ4v) is 2.45. The smallest absolute Gasteiger partial charge is 0.240 e. The van der Waals surface area contributed by atoms with Crippen molar-refractivity contribution in [3.63, 3.8) is 0 Å². The molecule has 120 valence electrons. The van der Waals surface area contributed by atoms with Crippen LogP contribution >= 0.6 is 0 Å². The second-order valence-corrected chi connectivity index (χ2v) is 5.79.